The Morgan fingerprint density at radius 1 is 1.00 bits per heavy atom. The number of imidazole rings is 1. The molecule has 6 nitrogen and oxygen atoms in total. The number of nitrogens with one attached hydrogen (secondary N) is 1. The maximum atomic E-state index is 12.7. The molecule has 0 atom stereocenters. The Bertz CT molecular complexity index is 1350. The number of aromatic nitrogens is 2. The summed E-state index contributed by atoms with van der Waals surface area (Å²) in [5.74, 6) is 1.34. The number of aryl methyl sites for hydroxylation is 2. The van der Waals surface area contributed by atoms with Crippen LogP contribution in [-0.4, -0.2) is 35.4 Å². The van der Waals surface area contributed by atoms with Gasteiger partial charge in [-0.05, 0) is 61.9 Å². The average Bonchev–Trinajstić information content (AvgIpc) is 3.29. The van der Waals surface area contributed by atoms with E-state index in [2.05, 4.69) is 17.4 Å². The van der Waals surface area contributed by atoms with Crippen LogP contribution in [0.4, 0.5) is 5.69 Å². The molecule has 4 rings (SSSR count). The van der Waals surface area contributed by atoms with Gasteiger partial charge in [0.2, 0.25) is 5.91 Å². The highest BCUT2D eigenvalue weighted by Gasteiger charge is 2.16. The number of ether oxygens (including phenoxy) is 2. The first-order valence-corrected chi connectivity index (χ1v) is 12.3. The number of rotatable bonds is 8. The van der Waals surface area contributed by atoms with Crippen molar-refractivity contribution in [3.63, 3.8) is 0 Å². The van der Waals surface area contributed by atoms with E-state index < -0.39 is 0 Å². The molecular weight excluding hydrogens is 482 g/mol. The van der Waals surface area contributed by atoms with Crippen LogP contribution in [-0.2, 0) is 4.79 Å². The summed E-state index contributed by atoms with van der Waals surface area (Å²) in [5.41, 5.74) is 5.43. The summed E-state index contributed by atoms with van der Waals surface area (Å²) >= 11 is 7.46. The summed E-state index contributed by atoms with van der Waals surface area (Å²) in [6.07, 6.45) is 1.97. The number of hydrogen-bond acceptors (Lipinski definition) is 5. The van der Waals surface area contributed by atoms with Crippen molar-refractivity contribution in [2.45, 2.75) is 19.0 Å². The number of halogens is 1. The van der Waals surface area contributed by atoms with Crippen LogP contribution in [0.25, 0.3) is 16.9 Å². The second-order valence-corrected chi connectivity index (χ2v) is 9.36. The number of methoxy groups -OCH3 is 2. The molecule has 0 spiro atoms. The zero-order valence-corrected chi connectivity index (χ0v) is 21.5. The fraction of sp³-hybridized carbons (Fsp3) is 0.185. The quantitative estimate of drug-likeness (QED) is 0.274. The highest BCUT2D eigenvalue weighted by atomic mass is 35.5. The highest BCUT2D eigenvalue weighted by molar-refractivity contribution is 7.99. The van der Waals surface area contributed by atoms with Crippen LogP contribution in [0.3, 0.4) is 0 Å². The number of amides is 1. The fourth-order valence-electron chi connectivity index (χ4n) is 3.54. The molecule has 0 radical (unpaired) electrons. The lowest BCUT2D eigenvalue weighted by molar-refractivity contribution is -0.113. The lowest BCUT2D eigenvalue weighted by atomic mass is 10.1. The Kier molecular flexibility index (Phi) is 7.68. The minimum atomic E-state index is -0.133. The third-order valence-electron chi connectivity index (χ3n) is 5.47. The summed E-state index contributed by atoms with van der Waals surface area (Å²) in [4.78, 5) is 17.6. The van der Waals surface area contributed by atoms with Crippen molar-refractivity contribution in [1.29, 1.82) is 0 Å². The van der Waals surface area contributed by atoms with Gasteiger partial charge in [0.25, 0.3) is 0 Å². The van der Waals surface area contributed by atoms with Gasteiger partial charge in [-0.1, -0.05) is 47.1 Å². The van der Waals surface area contributed by atoms with E-state index in [4.69, 9.17) is 26.1 Å². The molecular formula is C27H26ClN3O3S. The Balaban J connectivity index is 1.62. The molecule has 1 heterocycles. The molecule has 0 bridgehead atoms. The molecule has 0 unspecified atom stereocenters. The van der Waals surface area contributed by atoms with Gasteiger partial charge in [-0.3, -0.25) is 9.36 Å². The van der Waals surface area contributed by atoms with E-state index >= 15 is 0 Å². The molecule has 180 valence electrons. The summed E-state index contributed by atoms with van der Waals surface area (Å²) in [6, 6.07) is 19.3. The first-order chi connectivity index (χ1) is 16.9. The zero-order chi connectivity index (χ0) is 24.9. The molecule has 0 aliphatic rings. The molecule has 0 fully saturated rings. The van der Waals surface area contributed by atoms with Gasteiger partial charge in [-0.25, -0.2) is 4.98 Å². The van der Waals surface area contributed by atoms with E-state index in [0.717, 1.165) is 22.5 Å². The second kappa shape index (κ2) is 10.9. The lowest BCUT2D eigenvalue weighted by Crippen LogP contribution is -2.15. The molecule has 3 aromatic carbocycles. The number of carbonyl (C=O) groups excluding carboxylic acids is 1. The van der Waals surface area contributed by atoms with Gasteiger partial charge in [0.1, 0.15) is 0 Å². The largest absolute Gasteiger partial charge is 0.493 e. The molecule has 0 aliphatic heterocycles. The summed E-state index contributed by atoms with van der Waals surface area (Å²) in [6.45, 7) is 3.98. The van der Waals surface area contributed by atoms with Crippen molar-refractivity contribution in [2.75, 3.05) is 25.3 Å². The van der Waals surface area contributed by atoms with Crippen molar-refractivity contribution >= 4 is 35.0 Å². The van der Waals surface area contributed by atoms with E-state index in [-0.39, 0.29) is 11.7 Å². The van der Waals surface area contributed by atoms with E-state index in [1.807, 2.05) is 61.0 Å². The molecule has 1 amide bonds. The van der Waals surface area contributed by atoms with Crippen LogP contribution in [0.2, 0.25) is 5.02 Å². The summed E-state index contributed by atoms with van der Waals surface area (Å²) in [5, 5.41) is 4.22. The topological polar surface area (TPSA) is 65.4 Å². The maximum Gasteiger partial charge on any atom is 0.234 e. The maximum absolute atomic E-state index is 12.7. The van der Waals surface area contributed by atoms with E-state index in [9.17, 15) is 4.79 Å². The standard InChI is InChI=1S/C27H26ClN3O3S/c1-17-5-10-21(11-6-17)31-15-23(19-8-12-24(33-3)25(13-19)34-4)30-27(31)35-16-26(32)29-22-14-20(28)9-7-18(22)2/h5-15H,16H2,1-4H3,(H,29,32). The van der Waals surface area contributed by atoms with Crippen molar-refractivity contribution in [2.24, 2.45) is 0 Å². The van der Waals surface area contributed by atoms with Gasteiger partial charge in [0.15, 0.2) is 16.7 Å². The van der Waals surface area contributed by atoms with Crippen molar-refractivity contribution in [1.82, 2.24) is 9.55 Å². The molecule has 1 N–H and O–H groups in total. The molecule has 0 saturated carbocycles. The number of carbonyl (C=O) groups is 1. The number of hydrogen-bond donors (Lipinski definition) is 1. The lowest BCUT2D eigenvalue weighted by Gasteiger charge is -2.10. The molecule has 1 aromatic heterocycles. The summed E-state index contributed by atoms with van der Waals surface area (Å²) in [7, 11) is 3.21. The molecule has 0 aliphatic carbocycles. The van der Waals surface area contributed by atoms with Crippen LogP contribution in [0, 0.1) is 13.8 Å². The third-order valence-corrected chi connectivity index (χ3v) is 6.66. The van der Waals surface area contributed by atoms with Crippen LogP contribution < -0.4 is 14.8 Å². The van der Waals surface area contributed by atoms with Crippen LogP contribution in [0.1, 0.15) is 11.1 Å². The number of nitrogens with zero attached hydrogens (tertiary/aromatic N) is 2. The van der Waals surface area contributed by atoms with Crippen LogP contribution in [0.5, 0.6) is 11.5 Å². The van der Waals surface area contributed by atoms with Crippen molar-refractivity contribution in [3.8, 4) is 28.4 Å². The Labute approximate surface area is 214 Å². The third kappa shape index (κ3) is 5.81. The van der Waals surface area contributed by atoms with E-state index in [1.165, 1.54) is 17.3 Å². The van der Waals surface area contributed by atoms with Crippen molar-refractivity contribution < 1.29 is 14.3 Å². The van der Waals surface area contributed by atoms with Gasteiger partial charge in [-0.2, -0.15) is 0 Å². The molecule has 0 saturated heterocycles. The second-order valence-electron chi connectivity index (χ2n) is 7.98. The molecule has 4 aromatic rings. The molecule has 35 heavy (non-hydrogen) atoms. The van der Waals surface area contributed by atoms with Gasteiger partial charge in [0, 0.05) is 28.2 Å². The van der Waals surface area contributed by atoms with Gasteiger partial charge >= 0.3 is 0 Å². The smallest absolute Gasteiger partial charge is 0.234 e. The number of anilines is 1. The van der Waals surface area contributed by atoms with E-state index in [1.54, 1.807) is 26.4 Å². The van der Waals surface area contributed by atoms with Crippen LogP contribution >= 0.6 is 23.4 Å². The number of thioether (sulfide) groups is 1. The van der Waals surface area contributed by atoms with Crippen LogP contribution in [0.15, 0.2) is 72.0 Å². The molecule has 8 heteroatoms. The first kappa shape index (κ1) is 24.7. The monoisotopic (exact) mass is 507 g/mol. The normalized spacial score (nSPS) is 10.8. The Morgan fingerprint density at radius 2 is 1.74 bits per heavy atom. The average molecular weight is 508 g/mol. The fourth-order valence-corrected chi connectivity index (χ4v) is 4.50. The minimum Gasteiger partial charge on any atom is -0.493 e. The zero-order valence-electron chi connectivity index (χ0n) is 20.0. The minimum absolute atomic E-state index is 0.133. The SMILES string of the molecule is COc1ccc(-c2cn(-c3ccc(C)cc3)c(SCC(=O)Nc3cc(Cl)ccc3C)n2)cc1OC. The number of benzene rings is 3. The van der Waals surface area contributed by atoms with Gasteiger partial charge in [-0.15, -0.1) is 0 Å². The predicted octanol–water partition coefficient (Wildman–Crippen LogP) is 6.56. The predicted molar refractivity (Wildman–Crippen MR) is 142 cm³/mol. The highest BCUT2D eigenvalue weighted by Crippen LogP contribution is 2.34. The summed E-state index contributed by atoms with van der Waals surface area (Å²) < 4.78 is 12.8. The van der Waals surface area contributed by atoms with Crippen molar-refractivity contribution in [3.05, 3.63) is 83.0 Å². The van der Waals surface area contributed by atoms with Gasteiger partial charge in [0.05, 0.1) is 25.7 Å². The first-order valence-electron chi connectivity index (χ1n) is 11.0. The Morgan fingerprint density at radius 3 is 2.46 bits per heavy atom. The van der Waals surface area contributed by atoms with E-state index in [0.29, 0.717) is 27.4 Å². The Hall–Kier alpha value is -3.42. The van der Waals surface area contributed by atoms with Gasteiger partial charge < -0.3 is 14.8 Å².